The zero-order valence-electron chi connectivity index (χ0n) is 5.58. The number of ketones is 1. The Labute approximate surface area is 64.6 Å². The summed E-state index contributed by atoms with van der Waals surface area (Å²) in [6.07, 6.45) is -1.81. The number of carbonyl (C=O) groups is 3. The highest BCUT2D eigenvalue weighted by molar-refractivity contribution is 6.35. The van der Waals surface area contributed by atoms with Gasteiger partial charge in [0.1, 0.15) is 6.42 Å². The molecule has 5 nitrogen and oxygen atoms in total. The Balaban J connectivity index is 4.50. The van der Waals surface area contributed by atoms with Crippen LogP contribution in [0.2, 0.25) is 0 Å². The Kier molecular flexibility index (Phi) is 2.83. The molecule has 12 heavy (non-hydrogen) atoms. The van der Waals surface area contributed by atoms with Crippen LogP contribution in [0.3, 0.4) is 0 Å². The van der Waals surface area contributed by atoms with Gasteiger partial charge in [-0.15, -0.1) is 0 Å². The van der Waals surface area contributed by atoms with Crippen LogP contribution in [0.1, 0.15) is 6.42 Å². The standard InChI is InChI=1S/C5H4F2O5/c6-5(7,1-2(8)9)3(10)4(11)12/h1H2,(H,8,9)(H,11,12). The van der Waals surface area contributed by atoms with Gasteiger partial charge in [0.2, 0.25) is 0 Å². The van der Waals surface area contributed by atoms with Crippen LogP contribution >= 0.6 is 0 Å². The predicted molar refractivity (Wildman–Crippen MR) is 29.8 cm³/mol. The first-order valence-electron chi connectivity index (χ1n) is 2.64. The molecule has 2 N–H and O–H groups in total. The van der Waals surface area contributed by atoms with Gasteiger partial charge in [-0.1, -0.05) is 0 Å². The molecule has 0 aliphatic heterocycles. The normalized spacial score (nSPS) is 10.8. The summed E-state index contributed by atoms with van der Waals surface area (Å²) in [6.45, 7) is 0. The molecule has 0 fully saturated rings. The SMILES string of the molecule is O=C(O)CC(F)(F)C(=O)C(=O)O. The van der Waals surface area contributed by atoms with Crippen molar-refractivity contribution in [2.75, 3.05) is 0 Å². The summed E-state index contributed by atoms with van der Waals surface area (Å²) < 4.78 is 24.4. The Hall–Kier alpha value is -1.53. The maximum atomic E-state index is 12.2. The minimum atomic E-state index is -4.34. The second kappa shape index (κ2) is 3.24. The molecule has 7 heteroatoms. The summed E-state index contributed by atoms with van der Waals surface area (Å²) in [5.41, 5.74) is 0. The van der Waals surface area contributed by atoms with Crippen LogP contribution in [0.15, 0.2) is 0 Å². The maximum Gasteiger partial charge on any atom is 0.378 e. The van der Waals surface area contributed by atoms with Gasteiger partial charge in [-0.2, -0.15) is 8.78 Å². The van der Waals surface area contributed by atoms with Gasteiger partial charge < -0.3 is 10.2 Å². The highest BCUT2D eigenvalue weighted by Gasteiger charge is 2.45. The van der Waals surface area contributed by atoms with E-state index in [1.54, 1.807) is 0 Å². The molecule has 68 valence electrons. The molecule has 0 rings (SSSR count). The molecular weight excluding hydrogens is 178 g/mol. The molecule has 0 unspecified atom stereocenters. The van der Waals surface area contributed by atoms with E-state index >= 15 is 0 Å². The number of hydrogen-bond donors (Lipinski definition) is 2. The highest BCUT2D eigenvalue weighted by Crippen LogP contribution is 2.19. The first-order valence-corrected chi connectivity index (χ1v) is 2.64. The zero-order chi connectivity index (χ0) is 9.94. The third-order valence-corrected chi connectivity index (χ3v) is 0.900. The average Bonchev–Trinajstić information content (AvgIpc) is 1.82. The largest absolute Gasteiger partial charge is 0.481 e. The van der Waals surface area contributed by atoms with Crippen molar-refractivity contribution in [3.8, 4) is 0 Å². The summed E-state index contributed by atoms with van der Waals surface area (Å²) in [4.78, 5) is 29.5. The van der Waals surface area contributed by atoms with E-state index in [1.165, 1.54) is 0 Å². The first kappa shape index (κ1) is 10.5. The second-order valence-electron chi connectivity index (χ2n) is 1.91. The molecule has 0 aromatic rings. The molecular formula is C5H4F2O5. The fourth-order valence-corrected chi connectivity index (χ4v) is 0.427. The lowest BCUT2D eigenvalue weighted by molar-refractivity contribution is -0.166. The van der Waals surface area contributed by atoms with E-state index in [0.717, 1.165) is 0 Å². The Morgan fingerprint density at radius 3 is 1.83 bits per heavy atom. The summed E-state index contributed by atoms with van der Waals surface area (Å²) in [7, 11) is 0. The third-order valence-electron chi connectivity index (χ3n) is 0.900. The number of carboxylic acid groups (broad SMARTS) is 2. The van der Waals surface area contributed by atoms with Crippen molar-refractivity contribution in [2.45, 2.75) is 12.3 Å². The van der Waals surface area contributed by atoms with Gasteiger partial charge in [-0.3, -0.25) is 9.59 Å². The number of rotatable bonds is 4. The van der Waals surface area contributed by atoms with Gasteiger partial charge in [0.25, 0.3) is 0 Å². The van der Waals surface area contributed by atoms with Gasteiger partial charge in [-0.05, 0) is 0 Å². The second-order valence-corrected chi connectivity index (χ2v) is 1.91. The topological polar surface area (TPSA) is 91.7 Å². The van der Waals surface area contributed by atoms with Gasteiger partial charge in [0.05, 0.1) is 0 Å². The first-order chi connectivity index (χ1) is 5.27. The van der Waals surface area contributed by atoms with Crippen LogP contribution in [-0.4, -0.2) is 33.9 Å². The monoisotopic (exact) mass is 182 g/mol. The molecule has 0 aromatic carbocycles. The lowest BCUT2D eigenvalue weighted by atomic mass is 10.1. The molecule has 0 aromatic heterocycles. The van der Waals surface area contributed by atoms with Crippen molar-refractivity contribution >= 4 is 17.7 Å². The molecule has 0 saturated carbocycles. The highest BCUT2D eigenvalue weighted by atomic mass is 19.3. The van der Waals surface area contributed by atoms with E-state index < -0.39 is 30.1 Å². The lowest BCUT2D eigenvalue weighted by Gasteiger charge is -2.08. The van der Waals surface area contributed by atoms with Crippen LogP contribution in [0.25, 0.3) is 0 Å². The zero-order valence-corrected chi connectivity index (χ0v) is 5.58. The summed E-state index contributed by atoms with van der Waals surface area (Å²) in [5.74, 6) is -11.0. The van der Waals surface area contributed by atoms with Crippen LogP contribution in [0, 0.1) is 0 Å². The van der Waals surface area contributed by atoms with Crippen LogP contribution < -0.4 is 0 Å². The molecule has 0 aliphatic carbocycles. The minimum absolute atomic E-state index is 1.81. The number of carboxylic acids is 2. The molecule has 0 radical (unpaired) electrons. The van der Waals surface area contributed by atoms with Crippen molar-refractivity contribution in [1.29, 1.82) is 0 Å². The molecule has 0 heterocycles. The van der Waals surface area contributed by atoms with Gasteiger partial charge in [0.15, 0.2) is 0 Å². The van der Waals surface area contributed by atoms with Crippen LogP contribution in [-0.2, 0) is 14.4 Å². The van der Waals surface area contributed by atoms with Crippen molar-refractivity contribution in [1.82, 2.24) is 0 Å². The van der Waals surface area contributed by atoms with Crippen molar-refractivity contribution in [2.24, 2.45) is 0 Å². The van der Waals surface area contributed by atoms with Gasteiger partial charge in [-0.25, -0.2) is 4.79 Å². The van der Waals surface area contributed by atoms with Crippen LogP contribution in [0.4, 0.5) is 8.78 Å². The molecule has 0 atom stereocenters. The minimum Gasteiger partial charge on any atom is -0.481 e. The van der Waals surface area contributed by atoms with E-state index in [-0.39, 0.29) is 0 Å². The number of Topliss-reactive ketones (excluding diaryl/α,β-unsaturated/α-hetero) is 1. The molecule has 0 aliphatic rings. The summed E-state index contributed by atoms with van der Waals surface area (Å²) in [5, 5.41) is 15.7. The molecule has 0 saturated heterocycles. The summed E-state index contributed by atoms with van der Waals surface area (Å²) >= 11 is 0. The number of alkyl halides is 2. The predicted octanol–water partition coefficient (Wildman–Crippen LogP) is -0.250. The smallest absolute Gasteiger partial charge is 0.378 e. The van der Waals surface area contributed by atoms with E-state index in [1.807, 2.05) is 0 Å². The Morgan fingerprint density at radius 2 is 1.58 bits per heavy atom. The molecule has 0 bridgehead atoms. The maximum absolute atomic E-state index is 12.2. The average molecular weight is 182 g/mol. The van der Waals surface area contributed by atoms with Crippen molar-refractivity contribution < 1.29 is 33.4 Å². The third kappa shape index (κ3) is 2.60. The van der Waals surface area contributed by atoms with Crippen LogP contribution in [0.5, 0.6) is 0 Å². The van der Waals surface area contributed by atoms with E-state index in [4.69, 9.17) is 10.2 Å². The Bertz CT molecular complexity index is 234. The number of aliphatic carboxylic acids is 2. The summed E-state index contributed by atoms with van der Waals surface area (Å²) in [6, 6.07) is 0. The Morgan fingerprint density at radius 1 is 1.17 bits per heavy atom. The van der Waals surface area contributed by atoms with E-state index in [0.29, 0.717) is 0 Å². The van der Waals surface area contributed by atoms with Crippen molar-refractivity contribution in [3.63, 3.8) is 0 Å². The lowest BCUT2D eigenvalue weighted by Crippen LogP contribution is -2.36. The number of halogens is 2. The van der Waals surface area contributed by atoms with E-state index in [2.05, 4.69) is 0 Å². The van der Waals surface area contributed by atoms with Gasteiger partial charge >= 0.3 is 23.6 Å². The van der Waals surface area contributed by atoms with E-state index in [9.17, 15) is 23.2 Å². The molecule has 0 amide bonds. The number of hydrogen-bond acceptors (Lipinski definition) is 3. The van der Waals surface area contributed by atoms with Gasteiger partial charge in [0, 0.05) is 0 Å². The molecule has 0 spiro atoms. The number of carbonyl (C=O) groups excluding carboxylic acids is 1. The van der Waals surface area contributed by atoms with Crippen molar-refractivity contribution in [3.05, 3.63) is 0 Å². The fourth-order valence-electron chi connectivity index (χ4n) is 0.427. The fraction of sp³-hybridized carbons (Fsp3) is 0.400. The quantitative estimate of drug-likeness (QED) is 0.585.